The summed E-state index contributed by atoms with van der Waals surface area (Å²) in [5.74, 6) is -0.680. The van der Waals surface area contributed by atoms with Crippen LogP contribution in [0.15, 0.2) is 70.7 Å². The zero-order valence-electron chi connectivity index (χ0n) is 18.8. The fraction of sp³-hybridized carbons (Fsp3) is 0.115. The van der Waals surface area contributed by atoms with Gasteiger partial charge in [-0.3, -0.25) is 14.9 Å². The van der Waals surface area contributed by atoms with E-state index in [0.717, 1.165) is 10.5 Å². The van der Waals surface area contributed by atoms with Crippen LogP contribution in [0.25, 0.3) is 6.08 Å². The van der Waals surface area contributed by atoms with Crippen LogP contribution in [-0.2, 0) is 16.2 Å². The molecule has 0 bridgehead atoms. The summed E-state index contributed by atoms with van der Waals surface area (Å²) in [6.07, 6.45) is 1.40. The van der Waals surface area contributed by atoms with Crippen LogP contribution in [0.1, 0.15) is 16.7 Å². The largest absolute Gasteiger partial charge is 0.493 e. The molecule has 3 aromatic carbocycles. The van der Waals surface area contributed by atoms with Gasteiger partial charge < -0.3 is 9.47 Å². The van der Waals surface area contributed by atoms with Crippen LogP contribution >= 0.6 is 27.5 Å². The highest BCUT2D eigenvalue weighted by molar-refractivity contribution is 9.10. The Bertz CT molecular complexity index is 1370. The van der Waals surface area contributed by atoms with E-state index in [2.05, 4.69) is 21.2 Å². The summed E-state index contributed by atoms with van der Waals surface area (Å²) in [6.45, 7) is 1.99. The second-order valence-electron chi connectivity index (χ2n) is 7.66. The van der Waals surface area contributed by atoms with Gasteiger partial charge in [0.1, 0.15) is 12.2 Å². The van der Waals surface area contributed by atoms with Crippen molar-refractivity contribution in [2.75, 3.05) is 12.0 Å². The van der Waals surface area contributed by atoms with E-state index in [1.165, 1.54) is 13.2 Å². The summed E-state index contributed by atoms with van der Waals surface area (Å²) < 4.78 is 12.0. The maximum absolute atomic E-state index is 13.2. The van der Waals surface area contributed by atoms with Gasteiger partial charge in [-0.1, -0.05) is 48.0 Å². The summed E-state index contributed by atoms with van der Waals surface area (Å²) in [5, 5.41) is 2.81. The number of benzene rings is 3. The van der Waals surface area contributed by atoms with Crippen LogP contribution in [-0.4, -0.2) is 25.0 Å². The SMILES string of the molecule is COc1cc(/C=C2/C(=O)NC(=O)N(c3ccccc3C)C2=O)cc(Br)c1OCc1ccccc1Cl. The van der Waals surface area contributed by atoms with E-state index < -0.39 is 17.8 Å². The number of hydrogen-bond acceptors (Lipinski definition) is 5. The Morgan fingerprint density at radius 3 is 2.49 bits per heavy atom. The number of carbonyl (C=O) groups is 3. The van der Waals surface area contributed by atoms with Gasteiger partial charge >= 0.3 is 6.03 Å². The summed E-state index contributed by atoms with van der Waals surface area (Å²) in [5.41, 5.74) is 2.23. The lowest BCUT2D eigenvalue weighted by atomic mass is 10.1. The van der Waals surface area contributed by atoms with Gasteiger partial charge in [0.05, 0.1) is 17.3 Å². The van der Waals surface area contributed by atoms with E-state index in [4.69, 9.17) is 21.1 Å². The molecule has 1 heterocycles. The minimum atomic E-state index is -0.798. The molecular formula is C26H20BrClN2O5. The van der Waals surface area contributed by atoms with Crippen molar-refractivity contribution in [3.8, 4) is 11.5 Å². The minimum Gasteiger partial charge on any atom is -0.493 e. The number of nitrogens with zero attached hydrogens (tertiary/aromatic N) is 1. The maximum Gasteiger partial charge on any atom is 0.335 e. The van der Waals surface area contributed by atoms with Crippen LogP contribution in [0.4, 0.5) is 10.5 Å². The van der Waals surface area contributed by atoms with Gasteiger partial charge in [0, 0.05) is 10.6 Å². The van der Waals surface area contributed by atoms with E-state index in [9.17, 15) is 14.4 Å². The predicted molar refractivity (Wildman–Crippen MR) is 137 cm³/mol. The molecule has 35 heavy (non-hydrogen) atoms. The number of para-hydroxylation sites is 1. The van der Waals surface area contributed by atoms with Crippen molar-refractivity contribution in [3.05, 3.63) is 92.4 Å². The zero-order chi connectivity index (χ0) is 25.1. The smallest absolute Gasteiger partial charge is 0.335 e. The summed E-state index contributed by atoms with van der Waals surface area (Å²) >= 11 is 9.69. The van der Waals surface area contributed by atoms with Crippen molar-refractivity contribution in [1.29, 1.82) is 0 Å². The van der Waals surface area contributed by atoms with Crippen LogP contribution in [0.2, 0.25) is 5.02 Å². The second kappa shape index (κ2) is 10.3. The average Bonchev–Trinajstić information content (AvgIpc) is 2.83. The van der Waals surface area contributed by atoms with E-state index in [0.29, 0.717) is 37.8 Å². The molecule has 3 aromatic rings. The van der Waals surface area contributed by atoms with Crippen molar-refractivity contribution < 1.29 is 23.9 Å². The Morgan fingerprint density at radius 2 is 1.77 bits per heavy atom. The molecular weight excluding hydrogens is 536 g/mol. The first-order chi connectivity index (χ1) is 16.8. The van der Waals surface area contributed by atoms with Gasteiger partial charge in [-0.15, -0.1) is 0 Å². The first kappa shape index (κ1) is 24.5. The number of urea groups is 1. The third kappa shape index (κ3) is 5.08. The lowest BCUT2D eigenvalue weighted by molar-refractivity contribution is -0.122. The van der Waals surface area contributed by atoms with Crippen LogP contribution in [0.3, 0.4) is 0 Å². The zero-order valence-corrected chi connectivity index (χ0v) is 21.1. The number of barbiturate groups is 1. The third-order valence-corrected chi connectivity index (χ3v) is 6.31. The van der Waals surface area contributed by atoms with Crippen molar-refractivity contribution in [2.45, 2.75) is 13.5 Å². The molecule has 1 aliphatic rings. The minimum absolute atomic E-state index is 0.188. The number of anilines is 1. The summed E-state index contributed by atoms with van der Waals surface area (Å²) in [4.78, 5) is 39.2. The molecule has 1 N–H and O–H groups in total. The number of ether oxygens (including phenoxy) is 2. The third-order valence-electron chi connectivity index (χ3n) is 5.35. The van der Waals surface area contributed by atoms with E-state index in [-0.39, 0.29) is 12.2 Å². The fourth-order valence-corrected chi connectivity index (χ4v) is 4.35. The molecule has 0 atom stereocenters. The molecule has 1 aliphatic heterocycles. The van der Waals surface area contributed by atoms with Crippen molar-refractivity contribution in [3.63, 3.8) is 0 Å². The molecule has 0 radical (unpaired) electrons. The molecule has 0 unspecified atom stereocenters. The highest BCUT2D eigenvalue weighted by atomic mass is 79.9. The number of aryl methyl sites for hydroxylation is 1. The average molecular weight is 556 g/mol. The van der Waals surface area contributed by atoms with Gasteiger partial charge in [0.25, 0.3) is 11.8 Å². The Morgan fingerprint density at radius 1 is 1.06 bits per heavy atom. The van der Waals surface area contributed by atoms with Gasteiger partial charge in [-0.25, -0.2) is 9.69 Å². The molecule has 4 amide bonds. The number of imide groups is 2. The number of halogens is 2. The lowest BCUT2D eigenvalue weighted by Crippen LogP contribution is -2.54. The first-order valence-electron chi connectivity index (χ1n) is 10.5. The molecule has 0 spiro atoms. The topological polar surface area (TPSA) is 84.9 Å². The van der Waals surface area contributed by atoms with Crippen LogP contribution in [0.5, 0.6) is 11.5 Å². The second-order valence-corrected chi connectivity index (χ2v) is 8.92. The predicted octanol–water partition coefficient (Wildman–Crippen LogP) is 5.66. The molecule has 4 rings (SSSR count). The van der Waals surface area contributed by atoms with E-state index in [1.807, 2.05) is 18.2 Å². The van der Waals surface area contributed by atoms with Gasteiger partial charge in [-0.2, -0.15) is 0 Å². The molecule has 0 saturated carbocycles. The van der Waals surface area contributed by atoms with Crippen LogP contribution < -0.4 is 19.7 Å². The lowest BCUT2D eigenvalue weighted by Gasteiger charge is -2.27. The molecule has 7 nitrogen and oxygen atoms in total. The number of amides is 4. The van der Waals surface area contributed by atoms with Gasteiger partial charge in [-0.05, 0) is 64.3 Å². The fourth-order valence-electron chi connectivity index (χ4n) is 3.59. The molecule has 178 valence electrons. The van der Waals surface area contributed by atoms with E-state index in [1.54, 1.807) is 49.4 Å². The highest BCUT2D eigenvalue weighted by Crippen LogP contribution is 2.38. The molecule has 0 aliphatic carbocycles. The van der Waals surface area contributed by atoms with Crippen LogP contribution in [0, 0.1) is 6.92 Å². The van der Waals surface area contributed by atoms with Crippen molar-refractivity contribution in [2.24, 2.45) is 0 Å². The number of nitrogens with one attached hydrogen (secondary N) is 1. The van der Waals surface area contributed by atoms with Gasteiger partial charge in [0.15, 0.2) is 11.5 Å². The molecule has 1 saturated heterocycles. The van der Waals surface area contributed by atoms with Crippen molar-refractivity contribution >= 4 is 57.1 Å². The highest BCUT2D eigenvalue weighted by Gasteiger charge is 2.37. The molecule has 9 heteroatoms. The Hall–Kier alpha value is -3.62. The Labute approximate surface area is 215 Å². The standard InChI is InChI=1S/C26H20BrClN2O5/c1-15-7-3-6-10-21(15)30-25(32)18(24(31)29-26(30)33)11-16-12-19(27)23(22(13-16)34-2)35-14-17-8-4-5-9-20(17)28/h3-13H,14H2,1-2H3,(H,29,31,33)/b18-11-. The normalized spacial score (nSPS) is 14.8. The maximum atomic E-state index is 13.2. The number of hydrogen-bond donors (Lipinski definition) is 1. The monoisotopic (exact) mass is 554 g/mol. The molecule has 0 aromatic heterocycles. The Kier molecular flexibility index (Phi) is 7.23. The quantitative estimate of drug-likeness (QED) is 0.313. The van der Waals surface area contributed by atoms with Gasteiger partial charge in [0.2, 0.25) is 0 Å². The summed E-state index contributed by atoms with van der Waals surface area (Å²) in [7, 11) is 1.48. The molecule has 1 fully saturated rings. The number of carbonyl (C=O) groups excluding carboxylic acids is 3. The number of methoxy groups -OCH3 is 1. The van der Waals surface area contributed by atoms with Crippen molar-refractivity contribution in [1.82, 2.24) is 5.32 Å². The van der Waals surface area contributed by atoms with E-state index >= 15 is 0 Å². The summed E-state index contributed by atoms with van der Waals surface area (Å²) in [6, 6.07) is 16.8. The first-order valence-corrected chi connectivity index (χ1v) is 11.7. The number of rotatable bonds is 6. The Balaban J connectivity index is 1.66.